The van der Waals surface area contributed by atoms with E-state index in [2.05, 4.69) is 29.1 Å². The Kier molecular flexibility index (Phi) is 9.54. The van der Waals surface area contributed by atoms with Crippen LogP contribution in [-0.2, 0) is 0 Å². The number of nitrogens with zero attached hydrogens (tertiary/aromatic N) is 2. The van der Waals surface area contributed by atoms with E-state index in [0.29, 0.717) is 0 Å². The lowest BCUT2D eigenvalue weighted by atomic mass is 10.2. The van der Waals surface area contributed by atoms with Gasteiger partial charge in [0.05, 0.1) is 0 Å². The smallest absolute Gasteiger partial charge is 0.0109 e. The van der Waals surface area contributed by atoms with Crippen LogP contribution in [-0.4, -0.2) is 62.7 Å². The van der Waals surface area contributed by atoms with Gasteiger partial charge in [0.1, 0.15) is 0 Å². The molecule has 3 heteroatoms. The number of likely N-dealkylation sites (N-methyl/N-ethyl adjacent to an activating group) is 1. The van der Waals surface area contributed by atoms with E-state index in [1.165, 1.54) is 84.3 Å². The van der Waals surface area contributed by atoms with Crippen LogP contribution in [0.3, 0.4) is 0 Å². The molecule has 1 fully saturated rings. The first kappa shape index (κ1) is 15.9. The lowest BCUT2D eigenvalue weighted by Crippen LogP contribution is -2.29. The number of rotatable bonds is 9. The van der Waals surface area contributed by atoms with Crippen LogP contribution < -0.4 is 5.32 Å². The van der Waals surface area contributed by atoms with Gasteiger partial charge < -0.3 is 15.1 Å². The highest BCUT2D eigenvalue weighted by Crippen LogP contribution is 2.05. The van der Waals surface area contributed by atoms with Crippen LogP contribution in [0.4, 0.5) is 0 Å². The molecule has 1 saturated heterocycles. The summed E-state index contributed by atoms with van der Waals surface area (Å²) in [5.41, 5.74) is 0. The largest absolute Gasteiger partial charge is 0.317 e. The molecule has 1 heterocycles. The third-order valence-corrected chi connectivity index (χ3v) is 3.82. The van der Waals surface area contributed by atoms with E-state index in [1.807, 2.05) is 0 Å². The molecule has 1 aliphatic heterocycles. The summed E-state index contributed by atoms with van der Waals surface area (Å²) in [7, 11) is 2.24. The van der Waals surface area contributed by atoms with Crippen molar-refractivity contribution in [3.63, 3.8) is 0 Å². The molecule has 0 spiro atoms. The monoisotopic (exact) mass is 255 g/mol. The van der Waals surface area contributed by atoms with E-state index >= 15 is 0 Å². The van der Waals surface area contributed by atoms with Crippen molar-refractivity contribution in [2.75, 3.05) is 52.9 Å². The first-order chi connectivity index (χ1) is 8.83. The van der Waals surface area contributed by atoms with Crippen LogP contribution in [0, 0.1) is 0 Å². The van der Waals surface area contributed by atoms with Crippen molar-refractivity contribution in [1.29, 1.82) is 0 Å². The molecular formula is C15H33N3. The lowest BCUT2D eigenvalue weighted by Gasteiger charge is -2.19. The van der Waals surface area contributed by atoms with E-state index in [1.54, 1.807) is 0 Å². The molecule has 0 aromatic rings. The highest BCUT2D eigenvalue weighted by atomic mass is 15.2. The summed E-state index contributed by atoms with van der Waals surface area (Å²) in [6.45, 7) is 11.0. The molecule has 0 aromatic carbocycles. The Hall–Kier alpha value is -0.120. The van der Waals surface area contributed by atoms with Gasteiger partial charge >= 0.3 is 0 Å². The zero-order valence-corrected chi connectivity index (χ0v) is 12.6. The first-order valence-electron chi connectivity index (χ1n) is 7.94. The maximum absolute atomic E-state index is 3.47. The minimum atomic E-state index is 1.18. The van der Waals surface area contributed by atoms with E-state index in [-0.39, 0.29) is 0 Å². The van der Waals surface area contributed by atoms with Gasteiger partial charge in [-0.05, 0) is 65.5 Å². The predicted molar refractivity (Wildman–Crippen MR) is 80.2 cm³/mol. The third kappa shape index (κ3) is 8.06. The fourth-order valence-electron chi connectivity index (χ4n) is 2.56. The second-order valence-electron chi connectivity index (χ2n) is 5.66. The van der Waals surface area contributed by atoms with Crippen molar-refractivity contribution < 1.29 is 0 Å². The topological polar surface area (TPSA) is 18.5 Å². The van der Waals surface area contributed by atoms with Crippen molar-refractivity contribution in [2.24, 2.45) is 0 Å². The highest BCUT2D eigenvalue weighted by molar-refractivity contribution is 4.67. The maximum atomic E-state index is 3.47. The minimum Gasteiger partial charge on any atom is -0.317 e. The molecule has 3 nitrogen and oxygen atoms in total. The summed E-state index contributed by atoms with van der Waals surface area (Å²) in [6, 6.07) is 0. The molecule has 0 unspecified atom stereocenters. The van der Waals surface area contributed by atoms with Gasteiger partial charge in [0.2, 0.25) is 0 Å². The highest BCUT2D eigenvalue weighted by Gasteiger charge is 2.10. The number of nitrogens with one attached hydrogen (secondary N) is 1. The molecule has 0 amide bonds. The normalized spacial score (nSPS) is 19.0. The zero-order valence-electron chi connectivity index (χ0n) is 12.6. The second-order valence-corrected chi connectivity index (χ2v) is 5.66. The van der Waals surface area contributed by atoms with Gasteiger partial charge in [-0.2, -0.15) is 0 Å². The van der Waals surface area contributed by atoms with Gasteiger partial charge in [0.15, 0.2) is 0 Å². The third-order valence-electron chi connectivity index (χ3n) is 3.82. The number of hydrogen-bond acceptors (Lipinski definition) is 3. The van der Waals surface area contributed by atoms with Crippen LogP contribution in [0.15, 0.2) is 0 Å². The van der Waals surface area contributed by atoms with Crippen molar-refractivity contribution in [1.82, 2.24) is 15.1 Å². The molecule has 0 radical (unpaired) electrons. The Morgan fingerprint density at radius 2 is 1.72 bits per heavy atom. The van der Waals surface area contributed by atoms with Gasteiger partial charge in [0, 0.05) is 13.1 Å². The summed E-state index contributed by atoms with van der Waals surface area (Å²) in [4.78, 5) is 5.11. The number of unbranched alkanes of at least 4 members (excludes halogenated alkanes) is 3. The van der Waals surface area contributed by atoms with Gasteiger partial charge in [-0.25, -0.2) is 0 Å². The van der Waals surface area contributed by atoms with Crippen LogP contribution in [0.5, 0.6) is 0 Å². The average molecular weight is 255 g/mol. The van der Waals surface area contributed by atoms with Gasteiger partial charge in [0.25, 0.3) is 0 Å². The molecule has 0 aliphatic carbocycles. The standard InChI is InChI=1S/C15H33N3/c1-3-9-16-10-6-4-5-7-12-18-13-8-11-17(2)14-15-18/h16H,3-15H2,1-2H3. The van der Waals surface area contributed by atoms with Gasteiger partial charge in [-0.15, -0.1) is 0 Å². The van der Waals surface area contributed by atoms with Crippen LogP contribution in [0.2, 0.25) is 0 Å². The molecule has 1 aliphatic rings. The van der Waals surface area contributed by atoms with E-state index < -0.39 is 0 Å². The Bertz CT molecular complexity index is 185. The molecule has 0 bridgehead atoms. The van der Waals surface area contributed by atoms with Crippen LogP contribution in [0.25, 0.3) is 0 Å². The lowest BCUT2D eigenvalue weighted by molar-refractivity contribution is 0.270. The molecule has 1 N–H and O–H groups in total. The van der Waals surface area contributed by atoms with Gasteiger partial charge in [-0.3, -0.25) is 0 Å². The molecule has 0 aromatic heterocycles. The van der Waals surface area contributed by atoms with Crippen LogP contribution >= 0.6 is 0 Å². The fourth-order valence-corrected chi connectivity index (χ4v) is 2.56. The van der Waals surface area contributed by atoms with E-state index in [4.69, 9.17) is 0 Å². The first-order valence-corrected chi connectivity index (χ1v) is 7.94. The Morgan fingerprint density at radius 1 is 0.889 bits per heavy atom. The molecule has 0 atom stereocenters. The molecule has 1 rings (SSSR count). The predicted octanol–water partition coefficient (Wildman–Crippen LogP) is 2.18. The van der Waals surface area contributed by atoms with Crippen molar-refractivity contribution in [2.45, 2.75) is 45.4 Å². The zero-order chi connectivity index (χ0) is 13.1. The summed E-state index contributed by atoms with van der Waals surface area (Å²) in [6.07, 6.45) is 8.13. The van der Waals surface area contributed by atoms with E-state index in [9.17, 15) is 0 Å². The van der Waals surface area contributed by atoms with Crippen molar-refractivity contribution in [3.05, 3.63) is 0 Å². The Morgan fingerprint density at radius 3 is 2.56 bits per heavy atom. The second kappa shape index (κ2) is 10.8. The SMILES string of the molecule is CCCNCCCCCCN1CCCN(C)CC1. The maximum Gasteiger partial charge on any atom is 0.0109 e. The molecular weight excluding hydrogens is 222 g/mol. The molecule has 18 heavy (non-hydrogen) atoms. The minimum absolute atomic E-state index is 1.18. The molecule has 108 valence electrons. The average Bonchev–Trinajstić information content (AvgIpc) is 2.58. The van der Waals surface area contributed by atoms with Crippen LogP contribution in [0.1, 0.15) is 45.4 Å². The number of hydrogen-bond donors (Lipinski definition) is 1. The quantitative estimate of drug-likeness (QED) is 0.637. The Balaban J connectivity index is 1.88. The summed E-state index contributed by atoms with van der Waals surface area (Å²) < 4.78 is 0. The Labute approximate surface area is 114 Å². The summed E-state index contributed by atoms with van der Waals surface area (Å²) in [5.74, 6) is 0. The fraction of sp³-hybridized carbons (Fsp3) is 1.00. The summed E-state index contributed by atoms with van der Waals surface area (Å²) in [5, 5.41) is 3.47. The molecule has 0 saturated carbocycles. The van der Waals surface area contributed by atoms with E-state index in [0.717, 1.165) is 0 Å². The van der Waals surface area contributed by atoms with Gasteiger partial charge in [-0.1, -0.05) is 19.8 Å². The van der Waals surface area contributed by atoms with Crippen molar-refractivity contribution in [3.8, 4) is 0 Å². The van der Waals surface area contributed by atoms with Crippen molar-refractivity contribution >= 4 is 0 Å². The summed E-state index contributed by atoms with van der Waals surface area (Å²) >= 11 is 0.